The van der Waals surface area contributed by atoms with Crippen molar-refractivity contribution in [2.45, 2.75) is 13.0 Å². The molecule has 0 aliphatic carbocycles. The van der Waals surface area contributed by atoms with E-state index in [1.54, 1.807) is 0 Å². The zero-order valence-corrected chi connectivity index (χ0v) is 8.33. The predicted octanol–water partition coefficient (Wildman–Crippen LogP) is 2.60. The SMILES string of the molecule is CC(=O)OCC(N=[N+]=[N-])c1ccccc1. The summed E-state index contributed by atoms with van der Waals surface area (Å²) in [6.07, 6.45) is 0. The molecule has 1 unspecified atom stereocenters. The number of azide groups is 1. The van der Waals surface area contributed by atoms with Crippen molar-refractivity contribution >= 4 is 5.97 Å². The Morgan fingerprint density at radius 2 is 2.20 bits per heavy atom. The van der Waals surface area contributed by atoms with Crippen LogP contribution in [0.3, 0.4) is 0 Å². The number of nitrogens with zero attached hydrogens (tertiary/aromatic N) is 3. The largest absolute Gasteiger partial charge is 0.465 e. The zero-order chi connectivity index (χ0) is 11.1. The third-order valence-corrected chi connectivity index (χ3v) is 1.82. The second kappa shape index (κ2) is 5.67. The maximum atomic E-state index is 10.6. The minimum Gasteiger partial charge on any atom is -0.465 e. The van der Waals surface area contributed by atoms with Crippen LogP contribution in [0.25, 0.3) is 10.4 Å². The maximum absolute atomic E-state index is 10.6. The first-order valence-corrected chi connectivity index (χ1v) is 4.46. The molecule has 0 spiro atoms. The maximum Gasteiger partial charge on any atom is 0.302 e. The van der Waals surface area contributed by atoms with Gasteiger partial charge in [0.05, 0.1) is 6.04 Å². The second-order valence-electron chi connectivity index (χ2n) is 2.93. The summed E-state index contributed by atoms with van der Waals surface area (Å²) in [5.41, 5.74) is 9.21. The zero-order valence-electron chi connectivity index (χ0n) is 8.33. The van der Waals surface area contributed by atoms with Crippen LogP contribution in [0.5, 0.6) is 0 Å². The van der Waals surface area contributed by atoms with Gasteiger partial charge in [-0.3, -0.25) is 4.79 Å². The van der Waals surface area contributed by atoms with E-state index in [-0.39, 0.29) is 12.6 Å². The number of ether oxygens (including phenoxy) is 1. The van der Waals surface area contributed by atoms with Gasteiger partial charge in [-0.05, 0) is 11.1 Å². The molecule has 0 radical (unpaired) electrons. The van der Waals surface area contributed by atoms with Crippen molar-refractivity contribution in [1.82, 2.24) is 0 Å². The van der Waals surface area contributed by atoms with Gasteiger partial charge in [0.25, 0.3) is 0 Å². The van der Waals surface area contributed by atoms with Crippen molar-refractivity contribution in [2.75, 3.05) is 6.61 Å². The van der Waals surface area contributed by atoms with Crippen LogP contribution in [0.1, 0.15) is 18.5 Å². The lowest BCUT2D eigenvalue weighted by Gasteiger charge is -2.10. The van der Waals surface area contributed by atoms with Crippen molar-refractivity contribution in [3.8, 4) is 0 Å². The first kappa shape index (κ1) is 11.1. The summed E-state index contributed by atoms with van der Waals surface area (Å²) in [4.78, 5) is 13.4. The van der Waals surface area contributed by atoms with Crippen LogP contribution in [0.4, 0.5) is 0 Å². The van der Waals surface area contributed by atoms with Gasteiger partial charge < -0.3 is 4.74 Å². The second-order valence-corrected chi connectivity index (χ2v) is 2.93. The molecule has 15 heavy (non-hydrogen) atoms. The summed E-state index contributed by atoms with van der Waals surface area (Å²) >= 11 is 0. The van der Waals surface area contributed by atoms with E-state index in [1.165, 1.54) is 6.92 Å². The lowest BCUT2D eigenvalue weighted by Crippen LogP contribution is -2.08. The van der Waals surface area contributed by atoms with Gasteiger partial charge in [0.15, 0.2) is 0 Å². The molecule has 78 valence electrons. The molecule has 0 aliphatic rings. The molecule has 0 bridgehead atoms. The van der Waals surface area contributed by atoms with Crippen LogP contribution in [-0.2, 0) is 9.53 Å². The number of carbonyl (C=O) groups excluding carboxylic acids is 1. The molecule has 5 heteroatoms. The number of benzene rings is 1. The van der Waals surface area contributed by atoms with Crippen molar-refractivity contribution in [3.63, 3.8) is 0 Å². The number of rotatable bonds is 4. The van der Waals surface area contributed by atoms with E-state index in [1.807, 2.05) is 30.3 Å². The highest BCUT2D eigenvalue weighted by atomic mass is 16.5. The number of hydrogen-bond acceptors (Lipinski definition) is 3. The summed E-state index contributed by atoms with van der Waals surface area (Å²) in [5, 5.41) is 3.57. The Balaban J connectivity index is 2.74. The molecule has 1 rings (SSSR count). The van der Waals surface area contributed by atoms with Crippen LogP contribution < -0.4 is 0 Å². The van der Waals surface area contributed by atoms with Gasteiger partial charge in [0.2, 0.25) is 0 Å². The average molecular weight is 205 g/mol. The average Bonchev–Trinajstić information content (AvgIpc) is 2.25. The Hall–Kier alpha value is -2.00. The first-order valence-electron chi connectivity index (χ1n) is 4.46. The van der Waals surface area contributed by atoms with Gasteiger partial charge >= 0.3 is 5.97 Å². The first-order chi connectivity index (χ1) is 7.24. The third-order valence-electron chi connectivity index (χ3n) is 1.82. The quantitative estimate of drug-likeness (QED) is 0.328. The molecule has 1 atom stereocenters. The molecule has 1 aromatic rings. The molecule has 0 amide bonds. The Morgan fingerprint density at radius 3 is 2.73 bits per heavy atom. The Bertz CT molecular complexity index is 372. The molecule has 0 heterocycles. The molecule has 0 saturated carbocycles. The Morgan fingerprint density at radius 1 is 1.53 bits per heavy atom. The summed E-state index contributed by atoms with van der Waals surface area (Å²) in [7, 11) is 0. The van der Waals surface area contributed by atoms with Crippen molar-refractivity contribution < 1.29 is 9.53 Å². The molecule has 1 aromatic carbocycles. The normalized spacial score (nSPS) is 11.3. The molecule has 0 fully saturated rings. The minimum atomic E-state index is -0.458. The van der Waals surface area contributed by atoms with Crippen LogP contribution >= 0.6 is 0 Å². The van der Waals surface area contributed by atoms with Crippen LogP contribution in [0.15, 0.2) is 35.4 Å². The third kappa shape index (κ3) is 3.70. The minimum absolute atomic E-state index is 0.0728. The molecule has 0 N–H and O–H groups in total. The van der Waals surface area contributed by atoms with E-state index >= 15 is 0 Å². The van der Waals surface area contributed by atoms with Crippen LogP contribution in [0, 0.1) is 0 Å². The van der Waals surface area contributed by atoms with Gasteiger partial charge in [-0.25, -0.2) is 0 Å². The van der Waals surface area contributed by atoms with Crippen molar-refractivity contribution in [2.24, 2.45) is 5.11 Å². The Labute approximate surface area is 87.3 Å². The van der Waals surface area contributed by atoms with Crippen LogP contribution in [-0.4, -0.2) is 12.6 Å². The van der Waals surface area contributed by atoms with E-state index in [2.05, 4.69) is 10.0 Å². The highest BCUT2D eigenvalue weighted by molar-refractivity contribution is 5.65. The van der Waals surface area contributed by atoms with E-state index < -0.39 is 6.04 Å². The fraction of sp³-hybridized carbons (Fsp3) is 0.300. The molecule has 5 nitrogen and oxygen atoms in total. The smallest absolute Gasteiger partial charge is 0.302 e. The predicted molar refractivity (Wildman–Crippen MR) is 55.0 cm³/mol. The number of carbonyl (C=O) groups is 1. The molecule has 0 aromatic heterocycles. The van der Waals surface area contributed by atoms with E-state index in [0.717, 1.165) is 5.56 Å². The Kier molecular flexibility index (Phi) is 4.19. The monoisotopic (exact) mass is 205 g/mol. The van der Waals surface area contributed by atoms with Gasteiger partial charge in [-0.1, -0.05) is 35.4 Å². The van der Waals surface area contributed by atoms with E-state index in [9.17, 15) is 4.79 Å². The lowest BCUT2D eigenvalue weighted by atomic mass is 10.1. The van der Waals surface area contributed by atoms with Crippen LogP contribution in [0.2, 0.25) is 0 Å². The summed E-state index contributed by atoms with van der Waals surface area (Å²) in [5.74, 6) is -0.385. The van der Waals surface area contributed by atoms with Gasteiger partial charge in [0, 0.05) is 11.8 Å². The number of hydrogen-bond donors (Lipinski definition) is 0. The highest BCUT2D eigenvalue weighted by Gasteiger charge is 2.10. The molecular formula is C10H11N3O2. The van der Waals surface area contributed by atoms with Crippen molar-refractivity contribution in [1.29, 1.82) is 0 Å². The highest BCUT2D eigenvalue weighted by Crippen LogP contribution is 2.17. The van der Waals surface area contributed by atoms with E-state index in [0.29, 0.717) is 0 Å². The summed E-state index contributed by atoms with van der Waals surface area (Å²) < 4.78 is 4.81. The van der Waals surface area contributed by atoms with E-state index in [4.69, 9.17) is 10.3 Å². The summed E-state index contributed by atoms with van der Waals surface area (Å²) in [6, 6.07) is 8.72. The fourth-order valence-electron chi connectivity index (χ4n) is 1.13. The summed E-state index contributed by atoms with van der Waals surface area (Å²) in [6.45, 7) is 1.39. The van der Waals surface area contributed by atoms with Gasteiger partial charge in [-0.15, -0.1) is 0 Å². The number of esters is 1. The molecule has 0 aliphatic heterocycles. The lowest BCUT2D eigenvalue weighted by molar-refractivity contribution is -0.141. The van der Waals surface area contributed by atoms with Gasteiger partial charge in [0.1, 0.15) is 6.61 Å². The topological polar surface area (TPSA) is 75.1 Å². The van der Waals surface area contributed by atoms with Gasteiger partial charge in [-0.2, -0.15) is 0 Å². The standard InChI is InChI=1S/C10H11N3O2/c1-8(14)15-7-10(12-13-11)9-5-3-2-4-6-9/h2-6,10H,7H2,1H3. The molecule has 0 saturated heterocycles. The fourth-order valence-corrected chi connectivity index (χ4v) is 1.13. The molecular weight excluding hydrogens is 194 g/mol. The van der Waals surface area contributed by atoms with Crippen molar-refractivity contribution in [3.05, 3.63) is 46.3 Å².